The standard InChI is InChI=1S/C29H27FN4O4/c1-33-12-14-34(15-13-33)29(38)20-6-9-22(10-7-20)31-27(19-4-2-18(3-5-19)16-25(35)36)26-23-11-8-21(30)17-24(23)32-28(26)37/h2-11,17,31H,12-16H2,1H3,(H,32,37)(H,35,36)/b27-26-. The Morgan fingerprint density at radius 3 is 2.26 bits per heavy atom. The van der Waals surface area contributed by atoms with E-state index in [1.807, 2.05) is 11.9 Å². The fraction of sp³-hybridized carbons (Fsp3) is 0.207. The van der Waals surface area contributed by atoms with Gasteiger partial charge in [-0.15, -0.1) is 0 Å². The molecule has 3 aromatic carbocycles. The summed E-state index contributed by atoms with van der Waals surface area (Å²) in [7, 11) is 2.04. The molecule has 0 aromatic heterocycles. The highest BCUT2D eigenvalue weighted by Gasteiger charge is 2.29. The van der Waals surface area contributed by atoms with E-state index in [4.69, 9.17) is 5.11 Å². The highest BCUT2D eigenvalue weighted by atomic mass is 19.1. The molecule has 5 rings (SSSR count). The Balaban J connectivity index is 1.48. The van der Waals surface area contributed by atoms with E-state index in [-0.39, 0.29) is 18.2 Å². The second-order valence-corrected chi connectivity index (χ2v) is 9.46. The van der Waals surface area contributed by atoms with Crippen molar-refractivity contribution in [3.8, 4) is 0 Å². The molecule has 1 saturated heterocycles. The van der Waals surface area contributed by atoms with Crippen LogP contribution in [0.2, 0.25) is 0 Å². The number of amides is 2. The number of nitrogens with zero attached hydrogens (tertiary/aromatic N) is 2. The van der Waals surface area contributed by atoms with E-state index in [9.17, 15) is 18.8 Å². The van der Waals surface area contributed by atoms with E-state index in [0.29, 0.717) is 58.0 Å². The Morgan fingerprint density at radius 1 is 0.947 bits per heavy atom. The quantitative estimate of drug-likeness (QED) is 0.433. The molecule has 0 saturated carbocycles. The Kier molecular flexibility index (Phi) is 6.93. The van der Waals surface area contributed by atoms with Crippen LogP contribution in [0.15, 0.2) is 66.7 Å². The number of piperazine rings is 1. The lowest BCUT2D eigenvalue weighted by Gasteiger charge is -2.32. The van der Waals surface area contributed by atoms with Crippen molar-refractivity contribution in [3.05, 3.63) is 94.8 Å². The first-order valence-electron chi connectivity index (χ1n) is 12.3. The fourth-order valence-corrected chi connectivity index (χ4v) is 4.67. The minimum absolute atomic E-state index is 0.0247. The fourth-order valence-electron chi connectivity index (χ4n) is 4.67. The molecule has 0 spiro atoms. The summed E-state index contributed by atoms with van der Waals surface area (Å²) in [5.41, 5.74) is 4.24. The Bertz CT molecular complexity index is 1430. The van der Waals surface area contributed by atoms with E-state index < -0.39 is 11.8 Å². The maximum Gasteiger partial charge on any atom is 0.307 e. The predicted octanol–water partition coefficient (Wildman–Crippen LogP) is 3.77. The van der Waals surface area contributed by atoms with Crippen LogP contribution in [-0.4, -0.2) is 65.9 Å². The van der Waals surface area contributed by atoms with Gasteiger partial charge in [-0.25, -0.2) is 4.39 Å². The zero-order chi connectivity index (χ0) is 26.8. The van der Waals surface area contributed by atoms with Crippen LogP contribution >= 0.6 is 0 Å². The lowest BCUT2D eigenvalue weighted by atomic mass is 9.98. The molecule has 38 heavy (non-hydrogen) atoms. The summed E-state index contributed by atoms with van der Waals surface area (Å²) in [6, 6.07) is 18.1. The average Bonchev–Trinajstić information content (AvgIpc) is 3.22. The third-order valence-corrected chi connectivity index (χ3v) is 6.77. The minimum Gasteiger partial charge on any atom is -0.481 e. The number of nitrogens with one attached hydrogen (secondary N) is 2. The number of rotatable bonds is 6. The van der Waals surface area contributed by atoms with Gasteiger partial charge in [-0.2, -0.15) is 0 Å². The van der Waals surface area contributed by atoms with Gasteiger partial charge in [0.15, 0.2) is 0 Å². The van der Waals surface area contributed by atoms with E-state index >= 15 is 0 Å². The van der Waals surface area contributed by atoms with Crippen LogP contribution in [0.5, 0.6) is 0 Å². The minimum atomic E-state index is -0.938. The van der Waals surface area contributed by atoms with Crippen LogP contribution in [-0.2, 0) is 16.0 Å². The van der Waals surface area contributed by atoms with Gasteiger partial charge in [-0.1, -0.05) is 24.3 Å². The molecular formula is C29H27FN4O4. The summed E-state index contributed by atoms with van der Waals surface area (Å²) in [6.07, 6.45) is -0.120. The molecule has 2 aliphatic rings. The highest BCUT2D eigenvalue weighted by molar-refractivity contribution is 6.37. The maximum atomic E-state index is 13.8. The van der Waals surface area contributed by atoms with E-state index in [1.54, 1.807) is 54.6 Å². The smallest absolute Gasteiger partial charge is 0.307 e. The normalized spacial score (nSPS) is 16.6. The van der Waals surface area contributed by atoms with Crippen LogP contribution in [0.4, 0.5) is 15.8 Å². The zero-order valence-corrected chi connectivity index (χ0v) is 20.8. The summed E-state index contributed by atoms with van der Waals surface area (Å²) in [5.74, 6) is -1.81. The van der Waals surface area contributed by atoms with Gasteiger partial charge in [0.25, 0.3) is 11.8 Å². The molecule has 3 N–H and O–H groups in total. The molecule has 9 heteroatoms. The van der Waals surface area contributed by atoms with Crippen molar-refractivity contribution in [3.63, 3.8) is 0 Å². The van der Waals surface area contributed by atoms with Crippen LogP contribution in [0.25, 0.3) is 11.3 Å². The molecule has 0 unspecified atom stereocenters. The lowest BCUT2D eigenvalue weighted by molar-refractivity contribution is -0.136. The van der Waals surface area contributed by atoms with Crippen LogP contribution < -0.4 is 10.6 Å². The first-order valence-corrected chi connectivity index (χ1v) is 12.3. The van der Waals surface area contributed by atoms with Gasteiger partial charge in [0, 0.05) is 43.0 Å². The Hall–Kier alpha value is -4.50. The third kappa shape index (κ3) is 5.28. The molecule has 8 nitrogen and oxygen atoms in total. The highest BCUT2D eigenvalue weighted by Crippen LogP contribution is 2.38. The number of fused-ring (bicyclic) bond motifs is 1. The second-order valence-electron chi connectivity index (χ2n) is 9.46. The van der Waals surface area contributed by atoms with Crippen molar-refractivity contribution < 1.29 is 23.9 Å². The first kappa shape index (κ1) is 25.2. The van der Waals surface area contributed by atoms with Crippen LogP contribution in [0, 0.1) is 5.82 Å². The van der Waals surface area contributed by atoms with Crippen molar-refractivity contribution >= 4 is 40.4 Å². The van der Waals surface area contributed by atoms with Crippen molar-refractivity contribution in [2.75, 3.05) is 43.9 Å². The van der Waals surface area contributed by atoms with Gasteiger partial charge < -0.3 is 25.5 Å². The first-order chi connectivity index (χ1) is 18.3. The second kappa shape index (κ2) is 10.5. The van der Waals surface area contributed by atoms with E-state index in [2.05, 4.69) is 15.5 Å². The average molecular weight is 515 g/mol. The molecule has 2 aliphatic heterocycles. The molecular weight excluding hydrogens is 487 g/mol. The number of carboxylic acid groups (broad SMARTS) is 1. The molecule has 0 radical (unpaired) electrons. The van der Waals surface area contributed by atoms with Gasteiger partial charge in [0.05, 0.1) is 23.4 Å². The van der Waals surface area contributed by atoms with Gasteiger partial charge >= 0.3 is 5.97 Å². The summed E-state index contributed by atoms with van der Waals surface area (Å²) in [6.45, 7) is 3.03. The summed E-state index contributed by atoms with van der Waals surface area (Å²) >= 11 is 0. The third-order valence-electron chi connectivity index (χ3n) is 6.77. The summed E-state index contributed by atoms with van der Waals surface area (Å²) < 4.78 is 13.8. The summed E-state index contributed by atoms with van der Waals surface area (Å²) in [4.78, 5) is 41.1. The van der Waals surface area contributed by atoms with Crippen molar-refractivity contribution in [2.45, 2.75) is 6.42 Å². The van der Waals surface area contributed by atoms with Gasteiger partial charge in [0.1, 0.15) is 5.82 Å². The van der Waals surface area contributed by atoms with Crippen LogP contribution in [0.1, 0.15) is 27.0 Å². The predicted molar refractivity (Wildman–Crippen MR) is 143 cm³/mol. The Morgan fingerprint density at radius 2 is 1.61 bits per heavy atom. The largest absolute Gasteiger partial charge is 0.481 e. The maximum absolute atomic E-state index is 13.8. The lowest BCUT2D eigenvalue weighted by Crippen LogP contribution is -2.47. The molecule has 0 bridgehead atoms. The summed E-state index contributed by atoms with van der Waals surface area (Å²) in [5, 5.41) is 15.1. The van der Waals surface area contributed by atoms with Gasteiger partial charge in [-0.3, -0.25) is 14.4 Å². The topological polar surface area (TPSA) is 102 Å². The number of anilines is 2. The zero-order valence-electron chi connectivity index (χ0n) is 20.8. The molecule has 3 aromatic rings. The van der Waals surface area contributed by atoms with E-state index in [1.165, 1.54) is 12.1 Å². The number of benzene rings is 3. The molecule has 0 aliphatic carbocycles. The molecule has 2 heterocycles. The van der Waals surface area contributed by atoms with Gasteiger partial charge in [0.2, 0.25) is 0 Å². The van der Waals surface area contributed by atoms with Crippen molar-refractivity contribution in [2.24, 2.45) is 0 Å². The number of hydrogen-bond donors (Lipinski definition) is 3. The molecule has 194 valence electrons. The van der Waals surface area contributed by atoms with E-state index in [0.717, 1.165) is 13.1 Å². The number of carboxylic acids is 1. The van der Waals surface area contributed by atoms with Crippen molar-refractivity contribution in [1.29, 1.82) is 0 Å². The molecule has 1 fully saturated rings. The number of hydrogen-bond acceptors (Lipinski definition) is 5. The number of carbonyl (C=O) groups excluding carboxylic acids is 2. The van der Waals surface area contributed by atoms with Crippen LogP contribution in [0.3, 0.4) is 0 Å². The Labute approximate surface area is 219 Å². The SMILES string of the molecule is CN1CCN(C(=O)c2ccc(N/C(=C3\C(=O)Nc4cc(F)ccc43)c3ccc(CC(=O)O)cc3)cc2)CC1. The number of halogens is 1. The van der Waals surface area contributed by atoms with Crippen molar-refractivity contribution in [1.82, 2.24) is 9.80 Å². The van der Waals surface area contributed by atoms with Gasteiger partial charge in [-0.05, 0) is 60.6 Å². The number of aliphatic carboxylic acids is 1. The number of carbonyl (C=O) groups is 3. The number of likely N-dealkylation sites (N-methyl/N-ethyl adjacent to an activating group) is 1. The molecule has 2 amide bonds. The monoisotopic (exact) mass is 514 g/mol. The molecule has 0 atom stereocenters.